The summed E-state index contributed by atoms with van der Waals surface area (Å²) in [5.74, 6) is 0. The third-order valence-corrected chi connectivity index (χ3v) is 5.70. The summed E-state index contributed by atoms with van der Waals surface area (Å²) in [5, 5.41) is 2.89. The Balaban J connectivity index is 2.12. The van der Waals surface area contributed by atoms with Gasteiger partial charge in [0.25, 0.3) is 0 Å². The zero-order valence-electron chi connectivity index (χ0n) is 12.3. The fourth-order valence-corrected chi connectivity index (χ4v) is 4.21. The molecule has 3 heteroatoms. The highest BCUT2D eigenvalue weighted by atomic mass is 28.3. The van der Waals surface area contributed by atoms with Crippen LogP contribution in [0.4, 0.5) is 0 Å². The summed E-state index contributed by atoms with van der Waals surface area (Å²) < 4.78 is 2.34. The van der Waals surface area contributed by atoms with Crippen molar-refractivity contribution in [3.8, 4) is 0 Å². The molecule has 0 fully saturated rings. The Kier molecular flexibility index (Phi) is 3.22. The number of aromatic nitrogens is 2. The van der Waals surface area contributed by atoms with Crippen molar-refractivity contribution in [2.45, 2.75) is 26.2 Å². The number of nitrogens with zero attached hydrogens (tertiary/aromatic N) is 2. The zero-order valence-corrected chi connectivity index (χ0v) is 13.3. The molecule has 2 aromatic heterocycles. The molecule has 0 bridgehead atoms. The highest BCUT2D eigenvalue weighted by molar-refractivity contribution is 6.90. The second-order valence-electron chi connectivity index (χ2n) is 6.30. The van der Waals surface area contributed by atoms with Gasteiger partial charge in [-0.1, -0.05) is 50.0 Å². The van der Waals surface area contributed by atoms with Crippen molar-refractivity contribution in [1.82, 2.24) is 9.55 Å². The van der Waals surface area contributed by atoms with Crippen LogP contribution < -0.4 is 5.19 Å². The first-order chi connectivity index (χ1) is 9.55. The van der Waals surface area contributed by atoms with Crippen molar-refractivity contribution in [3.63, 3.8) is 0 Å². The van der Waals surface area contributed by atoms with E-state index in [1.165, 1.54) is 21.7 Å². The minimum atomic E-state index is -1.34. The zero-order chi connectivity index (χ0) is 14.2. The average molecular weight is 280 g/mol. The van der Waals surface area contributed by atoms with E-state index in [9.17, 15) is 0 Å². The van der Waals surface area contributed by atoms with E-state index in [1.807, 2.05) is 12.4 Å². The minimum absolute atomic E-state index is 0.910. The fraction of sp³-hybridized carbons (Fsp3) is 0.235. The molecular weight excluding hydrogens is 260 g/mol. The van der Waals surface area contributed by atoms with Gasteiger partial charge in [-0.2, -0.15) is 0 Å². The van der Waals surface area contributed by atoms with Gasteiger partial charge in [0, 0.05) is 24.3 Å². The first-order valence-corrected chi connectivity index (χ1v) is 10.5. The maximum absolute atomic E-state index is 4.31. The number of benzene rings is 1. The fourth-order valence-electron chi connectivity index (χ4n) is 2.65. The van der Waals surface area contributed by atoms with E-state index in [4.69, 9.17) is 0 Å². The molecule has 0 saturated heterocycles. The minimum Gasteiger partial charge on any atom is -0.342 e. The molecule has 0 spiro atoms. The summed E-state index contributed by atoms with van der Waals surface area (Å²) in [7, 11) is -1.34. The molecule has 0 saturated carbocycles. The number of rotatable bonds is 3. The number of fused-ring (bicyclic) bond motifs is 1. The molecule has 0 aliphatic carbocycles. The van der Waals surface area contributed by atoms with Gasteiger partial charge in [-0.3, -0.25) is 4.98 Å². The summed E-state index contributed by atoms with van der Waals surface area (Å²) in [6.45, 7) is 8.10. The number of pyridine rings is 1. The van der Waals surface area contributed by atoms with Crippen LogP contribution in [-0.4, -0.2) is 17.6 Å². The van der Waals surface area contributed by atoms with E-state index >= 15 is 0 Å². The van der Waals surface area contributed by atoms with E-state index in [1.54, 1.807) is 0 Å². The van der Waals surface area contributed by atoms with Gasteiger partial charge in [0.1, 0.15) is 0 Å². The highest BCUT2D eigenvalue weighted by Crippen LogP contribution is 2.18. The van der Waals surface area contributed by atoms with Crippen LogP contribution in [0.15, 0.2) is 55.0 Å². The summed E-state index contributed by atoms with van der Waals surface area (Å²) >= 11 is 0. The van der Waals surface area contributed by atoms with Crippen LogP contribution in [0, 0.1) is 0 Å². The molecule has 0 radical (unpaired) electrons. The van der Waals surface area contributed by atoms with Crippen LogP contribution in [0.2, 0.25) is 19.6 Å². The van der Waals surface area contributed by atoms with Crippen molar-refractivity contribution >= 4 is 24.2 Å². The first-order valence-electron chi connectivity index (χ1n) is 7.03. The Morgan fingerprint density at radius 1 is 1.05 bits per heavy atom. The maximum Gasteiger partial charge on any atom is 0.0804 e. The topological polar surface area (TPSA) is 17.8 Å². The van der Waals surface area contributed by atoms with Crippen molar-refractivity contribution in [3.05, 3.63) is 60.6 Å². The van der Waals surface area contributed by atoms with Gasteiger partial charge >= 0.3 is 0 Å². The normalized spacial score (nSPS) is 11.9. The smallest absolute Gasteiger partial charge is 0.0804 e. The molecule has 102 valence electrons. The summed E-state index contributed by atoms with van der Waals surface area (Å²) in [4.78, 5) is 4.31. The van der Waals surface area contributed by atoms with Gasteiger partial charge in [-0.25, -0.2) is 0 Å². The van der Waals surface area contributed by atoms with E-state index in [0.29, 0.717) is 0 Å². The van der Waals surface area contributed by atoms with Gasteiger partial charge in [-0.15, -0.1) is 0 Å². The van der Waals surface area contributed by atoms with Crippen LogP contribution in [0.25, 0.3) is 10.9 Å². The molecule has 0 aliphatic heterocycles. The summed E-state index contributed by atoms with van der Waals surface area (Å²) in [5.41, 5.74) is 2.57. The largest absolute Gasteiger partial charge is 0.342 e. The Bertz CT molecular complexity index is 724. The Morgan fingerprint density at radius 2 is 1.80 bits per heavy atom. The predicted molar refractivity (Wildman–Crippen MR) is 88.3 cm³/mol. The molecular formula is C17H20N2Si. The predicted octanol–water partition coefficient (Wildman–Crippen LogP) is 3.63. The molecule has 3 rings (SSSR count). The van der Waals surface area contributed by atoms with Crippen molar-refractivity contribution < 1.29 is 0 Å². The molecule has 3 aromatic rings. The van der Waals surface area contributed by atoms with Crippen molar-refractivity contribution in [2.24, 2.45) is 0 Å². The molecule has 0 atom stereocenters. The molecule has 20 heavy (non-hydrogen) atoms. The number of hydrogen-bond acceptors (Lipinski definition) is 1. The molecule has 1 aromatic carbocycles. The lowest BCUT2D eigenvalue weighted by Gasteiger charge is -2.14. The SMILES string of the molecule is C[Si](C)(C)c1cn(Cc2ccccc2)c2cnccc12. The molecule has 0 N–H and O–H groups in total. The lowest BCUT2D eigenvalue weighted by Crippen LogP contribution is -2.37. The average Bonchev–Trinajstić information content (AvgIpc) is 2.79. The van der Waals surface area contributed by atoms with Crippen molar-refractivity contribution in [1.29, 1.82) is 0 Å². The lowest BCUT2D eigenvalue weighted by molar-refractivity contribution is 0.836. The maximum atomic E-state index is 4.31. The monoisotopic (exact) mass is 280 g/mol. The quantitative estimate of drug-likeness (QED) is 0.670. The highest BCUT2D eigenvalue weighted by Gasteiger charge is 2.22. The standard InChI is InChI=1S/C17H20N2Si/c1-20(2,3)17-13-19(12-14-7-5-4-6-8-14)16-11-18-10-9-15(16)17/h4-11,13H,12H2,1-3H3. The molecule has 2 nitrogen and oxygen atoms in total. The third-order valence-electron chi connectivity index (χ3n) is 3.69. The molecule has 2 heterocycles. The van der Waals surface area contributed by atoms with Crippen LogP contribution in [0.3, 0.4) is 0 Å². The van der Waals surface area contributed by atoms with E-state index in [2.05, 4.69) is 71.8 Å². The second-order valence-corrected chi connectivity index (χ2v) is 11.3. The first kappa shape index (κ1) is 13.1. The van der Waals surface area contributed by atoms with Crippen molar-refractivity contribution in [2.75, 3.05) is 0 Å². The molecule has 0 amide bonds. The Morgan fingerprint density at radius 3 is 2.50 bits per heavy atom. The van der Waals surface area contributed by atoms with Crippen LogP contribution >= 0.6 is 0 Å². The summed E-state index contributed by atoms with van der Waals surface area (Å²) in [6, 6.07) is 12.8. The van der Waals surface area contributed by atoms with Gasteiger partial charge in [0.15, 0.2) is 0 Å². The van der Waals surface area contributed by atoms with Gasteiger partial charge < -0.3 is 4.57 Å². The second kappa shape index (κ2) is 4.91. The van der Waals surface area contributed by atoms with Gasteiger partial charge in [-0.05, 0) is 16.8 Å². The van der Waals surface area contributed by atoms with Gasteiger partial charge in [0.2, 0.25) is 0 Å². The van der Waals surface area contributed by atoms with Crippen LogP contribution in [0.1, 0.15) is 5.56 Å². The third kappa shape index (κ3) is 2.41. The van der Waals surface area contributed by atoms with Crippen LogP contribution in [-0.2, 0) is 6.54 Å². The van der Waals surface area contributed by atoms with Crippen LogP contribution in [0.5, 0.6) is 0 Å². The van der Waals surface area contributed by atoms with E-state index < -0.39 is 8.07 Å². The Labute approximate surface area is 121 Å². The van der Waals surface area contributed by atoms with E-state index in [0.717, 1.165) is 6.54 Å². The molecule has 0 aliphatic rings. The summed E-state index contributed by atoms with van der Waals surface area (Å²) in [6.07, 6.45) is 6.23. The lowest BCUT2D eigenvalue weighted by atomic mass is 10.2. The van der Waals surface area contributed by atoms with E-state index in [-0.39, 0.29) is 0 Å². The molecule has 0 unspecified atom stereocenters. The van der Waals surface area contributed by atoms with Gasteiger partial charge in [0.05, 0.1) is 19.8 Å². The number of hydrogen-bond donors (Lipinski definition) is 0. The Hall–Kier alpha value is -1.87.